The molecule has 0 fully saturated rings. The number of halogens is 1. The zero-order chi connectivity index (χ0) is 25.9. The number of para-hydroxylation sites is 1. The summed E-state index contributed by atoms with van der Waals surface area (Å²) in [6, 6.07) is 17.6. The molecule has 1 N–H and O–H groups in total. The van der Waals surface area contributed by atoms with Gasteiger partial charge in [-0.05, 0) is 60.2 Å². The first-order chi connectivity index (χ1) is 17.2. The molecule has 3 aromatic rings. The molecule has 1 unspecified atom stereocenters. The van der Waals surface area contributed by atoms with Crippen molar-refractivity contribution in [2.75, 3.05) is 25.2 Å². The Balaban J connectivity index is 1.67. The molecule has 0 aromatic heterocycles. The number of hydrogen-bond acceptors (Lipinski definition) is 6. The largest absolute Gasteiger partial charge is 0.480 e. The summed E-state index contributed by atoms with van der Waals surface area (Å²) in [7, 11) is -2.91. The molecule has 1 aliphatic rings. The highest BCUT2D eigenvalue weighted by atomic mass is 35.5. The molecule has 3 aromatic carbocycles. The molecule has 1 amide bonds. The fourth-order valence-electron chi connectivity index (χ4n) is 3.89. The van der Waals surface area contributed by atoms with Gasteiger partial charge >= 0.3 is 5.97 Å². The SMILES string of the molecule is COCC(=O)N1CC(C(=O)O)N(S(=O)(=O)c2ccc(Oc3ccc(Cl)cc3)cc2)Cc2ccccc21. The molecule has 11 heteroatoms. The van der Waals surface area contributed by atoms with Crippen LogP contribution in [0.25, 0.3) is 0 Å². The summed E-state index contributed by atoms with van der Waals surface area (Å²) < 4.78 is 38.9. The molecule has 4 rings (SSSR count). The van der Waals surface area contributed by atoms with Crippen LogP contribution in [-0.2, 0) is 30.9 Å². The molecular weight excluding hydrogens is 508 g/mol. The number of amides is 1. The molecule has 0 spiro atoms. The van der Waals surface area contributed by atoms with Crippen LogP contribution in [0.15, 0.2) is 77.7 Å². The zero-order valence-corrected chi connectivity index (χ0v) is 20.8. The summed E-state index contributed by atoms with van der Waals surface area (Å²) >= 11 is 5.88. The Bertz CT molecular complexity index is 1360. The maximum absolute atomic E-state index is 13.7. The lowest BCUT2D eigenvalue weighted by atomic mass is 10.1. The van der Waals surface area contributed by atoms with E-state index in [2.05, 4.69) is 0 Å². The van der Waals surface area contributed by atoms with Crippen LogP contribution in [0.1, 0.15) is 5.56 Å². The van der Waals surface area contributed by atoms with E-state index in [4.69, 9.17) is 21.1 Å². The number of sulfonamides is 1. The Labute approximate surface area is 213 Å². The van der Waals surface area contributed by atoms with E-state index in [0.29, 0.717) is 27.8 Å². The fraction of sp³-hybridized carbons (Fsp3) is 0.200. The van der Waals surface area contributed by atoms with E-state index >= 15 is 0 Å². The van der Waals surface area contributed by atoms with Crippen molar-refractivity contribution in [1.29, 1.82) is 0 Å². The van der Waals surface area contributed by atoms with E-state index in [1.165, 1.54) is 36.3 Å². The van der Waals surface area contributed by atoms with Crippen molar-refractivity contribution >= 4 is 39.2 Å². The topological polar surface area (TPSA) is 113 Å². The van der Waals surface area contributed by atoms with Gasteiger partial charge in [0.25, 0.3) is 5.91 Å². The smallest absolute Gasteiger partial charge is 0.323 e. The number of carboxylic acid groups (broad SMARTS) is 1. The lowest BCUT2D eigenvalue weighted by Gasteiger charge is -2.28. The second-order valence-electron chi connectivity index (χ2n) is 8.00. The van der Waals surface area contributed by atoms with Gasteiger partial charge in [0.05, 0.1) is 11.4 Å². The molecule has 36 heavy (non-hydrogen) atoms. The number of hydrogen-bond donors (Lipinski definition) is 1. The Kier molecular flexibility index (Phi) is 7.60. The van der Waals surface area contributed by atoms with Crippen molar-refractivity contribution < 1.29 is 32.6 Å². The van der Waals surface area contributed by atoms with E-state index < -0.39 is 27.9 Å². The number of benzene rings is 3. The predicted octanol–water partition coefficient (Wildman–Crippen LogP) is 3.77. The molecule has 0 aliphatic carbocycles. The second kappa shape index (κ2) is 10.7. The maximum Gasteiger partial charge on any atom is 0.323 e. The molecule has 1 atom stereocenters. The minimum atomic E-state index is -4.27. The van der Waals surface area contributed by atoms with Gasteiger partial charge in [0, 0.05) is 24.4 Å². The van der Waals surface area contributed by atoms with Gasteiger partial charge in [0.2, 0.25) is 10.0 Å². The number of anilines is 1. The molecule has 1 aliphatic heterocycles. The highest BCUT2D eigenvalue weighted by Crippen LogP contribution is 2.32. The van der Waals surface area contributed by atoms with Gasteiger partial charge in [-0.3, -0.25) is 9.59 Å². The molecule has 0 radical (unpaired) electrons. The van der Waals surface area contributed by atoms with Gasteiger partial charge in [-0.25, -0.2) is 8.42 Å². The Morgan fingerprint density at radius 2 is 1.61 bits per heavy atom. The number of aliphatic carboxylic acids is 1. The first-order valence-corrected chi connectivity index (χ1v) is 12.7. The van der Waals surface area contributed by atoms with Crippen molar-refractivity contribution in [1.82, 2.24) is 4.31 Å². The van der Waals surface area contributed by atoms with Gasteiger partial charge in [-0.2, -0.15) is 4.31 Å². The first-order valence-electron chi connectivity index (χ1n) is 10.9. The van der Waals surface area contributed by atoms with E-state index in [0.717, 1.165) is 4.31 Å². The highest BCUT2D eigenvalue weighted by Gasteiger charge is 2.41. The van der Waals surface area contributed by atoms with E-state index in [1.807, 2.05) is 0 Å². The fourth-order valence-corrected chi connectivity index (χ4v) is 5.57. The van der Waals surface area contributed by atoms with Crippen LogP contribution in [0.3, 0.4) is 0 Å². The Morgan fingerprint density at radius 3 is 2.22 bits per heavy atom. The van der Waals surface area contributed by atoms with Crippen LogP contribution in [0, 0.1) is 0 Å². The minimum absolute atomic E-state index is 0.105. The van der Waals surface area contributed by atoms with Gasteiger partial charge in [-0.1, -0.05) is 29.8 Å². The number of methoxy groups -OCH3 is 1. The Morgan fingerprint density at radius 1 is 1.00 bits per heavy atom. The average Bonchev–Trinajstić information content (AvgIpc) is 3.04. The third-order valence-corrected chi connectivity index (χ3v) is 7.77. The van der Waals surface area contributed by atoms with Gasteiger partial charge < -0.3 is 19.5 Å². The summed E-state index contributed by atoms with van der Waals surface area (Å²) in [6.07, 6.45) is 0. The third-order valence-electron chi connectivity index (χ3n) is 5.65. The van der Waals surface area contributed by atoms with Crippen molar-refractivity contribution in [2.45, 2.75) is 17.5 Å². The summed E-state index contributed by atoms with van der Waals surface area (Å²) in [4.78, 5) is 26.1. The first kappa shape index (κ1) is 25.6. The molecule has 0 saturated carbocycles. The molecule has 9 nitrogen and oxygen atoms in total. The van der Waals surface area contributed by atoms with Crippen molar-refractivity contribution in [2.24, 2.45) is 0 Å². The van der Waals surface area contributed by atoms with Crippen molar-refractivity contribution in [3.8, 4) is 11.5 Å². The molecule has 0 bridgehead atoms. The van der Waals surface area contributed by atoms with Crippen LogP contribution in [-0.4, -0.2) is 56.0 Å². The predicted molar refractivity (Wildman–Crippen MR) is 133 cm³/mol. The lowest BCUT2D eigenvalue weighted by molar-refractivity contribution is -0.141. The second-order valence-corrected chi connectivity index (χ2v) is 10.3. The number of fused-ring (bicyclic) bond motifs is 1. The zero-order valence-electron chi connectivity index (χ0n) is 19.2. The number of carbonyl (C=O) groups is 2. The third kappa shape index (κ3) is 5.36. The minimum Gasteiger partial charge on any atom is -0.480 e. The Hall–Kier alpha value is -3.44. The van der Waals surface area contributed by atoms with Gasteiger partial charge in [0.15, 0.2) is 0 Å². The van der Waals surface area contributed by atoms with Crippen LogP contribution in [0.5, 0.6) is 11.5 Å². The summed E-state index contributed by atoms with van der Waals surface area (Å²) in [6.45, 7) is -0.872. The normalized spacial score (nSPS) is 16.2. The van der Waals surface area contributed by atoms with Crippen LogP contribution in [0.4, 0.5) is 5.69 Å². The number of nitrogens with zero attached hydrogens (tertiary/aromatic N) is 2. The van der Waals surface area contributed by atoms with Gasteiger partial charge in [0.1, 0.15) is 24.1 Å². The van der Waals surface area contributed by atoms with E-state index in [-0.39, 0.29) is 24.6 Å². The summed E-state index contributed by atoms with van der Waals surface area (Å²) in [5.74, 6) is -0.932. The number of carbonyl (C=O) groups excluding carboxylic acids is 1. The van der Waals surface area contributed by atoms with Crippen LogP contribution >= 0.6 is 11.6 Å². The summed E-state index contributed by atoms with van der Waals surface area (Å²) in [5.41, 5.74) is 0.937. The van der Waals surface area contributed by atoms with E-state index in [9.17, 15) is 23.1 Å². The molecular formula is C25H23ClN2O7S. The van der Waals surface area contributed by atoms with Gasteiger partial charge in [-0.15, -0.1) is 0 Å². The standard InChI is InChI=1S/C25H23ClN2O7S/c1-34-16-24(29)27-15-23(25(30)31)28(14-17-4-2-3-5-22(17)27)36(32,33)21-12-10-20(11-13-21)35-19-8-6-18(26)7-9-19/h2-13,23H,14-16H2,1H3,(H,30,31). The lowest BCUT2D eigenvalue weighted by Crippen LogP contribution is -2.50. The summed E-state index contributed by atoms with van der Waals surface area (Å²) in [5, 5.41) is 10.5. The highest BCUT2D eigenvalue weighted by molar-refractivity contribution is 7.89. The van der Waals surface area contributed by atoms with Crippen molar-refractivity contribution in [3.63, 3.8) is 0 Å². The average molecular weight is 531 g/mol. The number of carboxylic acids is 1. The molecule has 188 valence electrons. The molecule has 1 heterocycles. The molecule has 0 saturated heterocycles. The maximum atomic E-state index is 13.7. The van der Waals surface area contributed by atoms with Crippen LogP contribution < -0.4 is 9.64 Å². The monoisotopic (exact) mass is 530 g/mol. The quantitative estimate of drug-likeness (QED) is 0.494. The number of ether oxygens (including phenoxy) is 2. The van der Waals surface area contributed by atoms with Crippen molar-refractivity contribution in [3.05, 3.63) is 83.4 Å². The van der Waals surface area contributed by atoms with E-state index in [1.54, 1.807) is 48.5 Å². The van der Waals surface area contributed by atoms with Crippen LogP contribution in [0.2, 0.25) is 5.02 Å². The number of rotatable bonds is 7.